The lowest BCUT2D eigenvalue weighted by Gasteiger charge is -2.02. The molecule has 1 aromatic rings. The molecule has 68 valence electrons. The maximum atomic E-state index is 12.8. The first kappa shape index (κ1) is 9.53. The van der Waals surface area contributed by atoms with Gasteiger partial charge in [0.1, 0.15) is 0 Å². The summed E-state index contributed by atoms with van der Waals surface area (Å²) in [6.07, 6.45) is 1.98. The quantitative estimate of drug-likeness (QED) is 0.402. The van der Waals surface area contributed by atoms with E-state index in [0.29, 0.717) is 13.0 Å². The van der Waals surface area contributed by atoms with Crippen molar-refractivity contribution in [2.75, 3.05) is 6.61 Å². The van der Waals surface area contributed by atoms with Gasteiger partial charge in [-0.1, -0.05) is 0 Å². The summed E-state index contributed by atoms with van der Waals surface area (Å²) in [6, 6.07) is 3.17. The van der Waals surface area contributed by atoms with Crippen LogP contribution in [0.2, 0.25) is 0 Å². The van der Waals surface area contributed by atoms with Gasteiger partial charge in [-0.15, -0.1) is 11.8 Å². The normalized spacial score (nSPS) is 8.77. The fourth-order valence-electron chi connectivity index (χ4n) is 0.816. The third-order valence-electron chi connectivity index (χ3n) is 1.39. The Kier molecular flexibility index (Phi) is 3.77. The van der Waals surface area contributed by atoms with Crippen molar-refractivity contribution in [3.05, 3.63) is 24.3 Å². The van der Waals surface area contributed by atoms with Gasteiger partial charge in [0.15, 0.2) is 5.75 Å². The first-order valence-corrected chi connectivity index (χ1v) is 3.97. The van der Waals surface area contributed by atoms with E-state index in [1.165, 1.54) is 6.20 Å². The van der Waals surface area contributed by atoms with Gasteiger partial charge >= 0.3 is 0 Å². The highest BCUT2D eigenvalue weighted by Gasteiger charge is 2.00. The van der Waals surface area contributed by atoms with Crippen LogP contribution in [0.25, 0.3) is 0 Å². The van der Waals surface area contributed by atoms with Crippen molar-refractivity contribution in [1.82, 2.24) is 4.98 Å². The van der Waals surface area contributed by atoms with Crippen LogP contribution in [0.15, 0.2) is 18.3 Å². The second-order valence-electron chi connectivity index (χ2n) is 2.32. The van der Waals surface area contributed by atoms with Crippen molar-refractivity contribution in [3.63, 3.8) is 0 Å². The Morgan fingerprint density at radius 1 is 1.62 bits per heavy atom. The molecular weight excluding hydrogens is 169 g/mol. The molecule has 1 aromatic heterocycles. The van der Waals surface area contributed by atoms with E-state index in [-0.39, 0.29) is 5.75 Å². The highest BCUT2D eigenvalue weighted by atomic mass is 19.1. The minimum absolute atomic E-state index is 0.181. The number of hydrogen-bond acceptors (Lipinski definition) is 2. The molecule has 3 heteroatoms. The molecule has 0 aliphatic rings. The second-order valence-corrected chi connectivity index (χ2v) is 2.32. The zero-order chi connectivity index (χ0) is 9.52. The molecule has 0 aromatic carbocycles. The number of rotatable bonds is 3. The summed E-state index contributed by atoms with van der Waals surface area (Å²) in [5.41, 5.74) is 0. The first-order chi connectivity index (χ1) is 6.34. The standard InChI is InChI=1S/C10H10FNO/c1-2-3-4-8-13-9-6-5-7-12-10(9)11/h5-7H,4,8H2,1H3. The van der Waals surface area contributed by atoms with Crippen LogP contribution in [0.4, 0.5) is 4.39 Å². The number of ether oxygens (including phenoxy) is 1. The van der Waals surface area contributed by atoms with Crippen molar-refractivity contribution >= 4 is 0 Å². The maximum absolute atomic E-state index is 12.8. The Morgan fingerprint density at radius 3 is 3.15 bits per heavy atom. The Balaban J connectivity index is 2.44. The summed E-state index contributed by atoms with van der Waals surface area (Å²) >= 11 is 0. The molecule has 1 rings (SSSR count). The zero-order valence-electron chi connectivity index (χ0n) is 7.38. The third-order valence-corrected chi connectivity index (χ3v) is 1.39. The molecule has 0 aliphatic carbocycles. The van der Waals surface area contributed by atoms with Gasteiger partial charge in [0.2, 0.25) is 0 Å². The number of halogens is 1. The summed E-state index contributed by atoms with van der Waals surface area (Å²) in [5, 5.41) is 0. The van der Waals surface area contributed by atoms with Crippen LogP contribution in [0.5, 0.6) is 5.75 Å². The Hall–Kier alpha value is -1.56. The van der Waals surface area contributed by atoms with E-state index in [1.54, 1.807) is 19.1 Å². The van der Waals surface area contributed by atoms with E-state index in [0.717, 1.165) is 0 Å². The summed E-state index contributed by atoms with van der Waals surface area (Å²) < 4.78 is 17.9. The molecule has 0 unspecified atom stereocenters. The lowest BCUT2D eigenvalue weighted by Crippen LogP contribution is -1.98. The molecular formula is C10H10FNO. The molecule has 0 saturated heterocycles. The maximum Gasteiger partial charge on any atom is 0.255 e. The van der Waals surface area contributed by atoms with Crippen LogP contribution >= 0.6 is 0 Å². The van der Waals surface area contributed by atoms with Crippen LogP contribution in [-0.4, -0.2) is 11.6 Å². The van der Waals surface area contributed by atoms with Gasteiger partial charge in [-0.3, -0.25) is 0 Å². The van der Waals surface area contributed by atoms with Gasteiger partial charge in [-0.25, -0.2) is 4.98 Å². The van der Waals surface area contributed by atoms with Gasteiger partial charge in [-0.05, 0) is 19.1 Å². The number of hydrogen-bond donors (Lipinski definition) is 0. The van der Waals surface area contributed by atoms with Crippen LogP contribution in [0.3, 0.4) is 0 Å². The zero-order valence-corrected chi connectivity index (χ0v) is 7.38. The minimum atomic E-state index is -0.577. The van der Waals surface area contributed by atoms with Crippen molar-refractivity contribution in [2.24, 2.45) is 0 Å². The number of pyridine rings is 1. The first-order valence-electron chi connectivity index (χ1n) is 3.97. The molecule has 0 radical (unpaired) electrons. The number of nitrogens with zero attached hydrogens (tertiary/aromatic N) is 1. The van der Waals surface area contributed by atoms with Crippen molar-refractivity contribution < 1.29 is 9.13 Å². The van der Waals surface area contributed by atoms with Crippen molar-refractivity contribution in [3.8, 4) is 17.6 Å². The van der Waals surface area contributed by atoms with E-state index in [9.17, 15) is 4.39 Å². The molecule has 13 heavy (non-hydrogen) atoms. The van der Waals surface area contributed by atoms with Crippen LogP contribution < -0.4 is 4.74 Å². The molecule has 0 saturated carbocycles. The van der Waals surface area contributed by atoms with Crippen LogP contribution in [0, 0.1) is 17.8 Å². The summed E-state index contributed by atoms with van der Waals surface area (Å²) in [6.45, 7) is 2.15. The molecule has 0 N–H and O–H groups in total. The molecule has 0 fully saturated rings. The third kappa shape index (κ3) is 3.12. The van der Waals surface area contributed by atoms with E-state index in [4.69, 9.17) is 4.74 Å². The molecule has 0 bridgehead atoms. The SMILES string of the molecule is CC#CCCOc1cccnc1F. The fourth-order valence-corrected chi connectivity index (χ4v) is 0.816. The van der Waals surface area contributed by atoms with E-state index in [2.05, 4.69) is 16.8 Å². The van der Waals surface area contributed by atoms with Gasteiger partial charge in [-0.2, -0.15) is 4.39 Å². The summed E-state index contributed by atoms with van der Waals surface area (Å²) in [4.78, 5) is 3.45. The van der Waals surface area contributed by atoms with Crippen molar-refractivity contribution in [2.45, 2.75) is 13.3 Å². The minimum Gasteiger partial charge on any atom is -0.488 e. The Bertz CT molecular complexity index is 327. The van der Waals surface area contributed by atoms with Crippen LogP contribution in [-0.2, 0) is 0 Å². The van der Waals surface area contributed by atoms with Gasteiger partial charge in [0.25, 0.3) is 5.95 Å². The summed E-state index contributed by atoms with van der Waals surface area (Å²) in [7, 11) is 0. The fraction of sp³-hybridized carbons (Fsp3) is 0.300. The van der Waals surface area contributed by atoms with Gasteiger partial charge < -0.3 is 4.74 Å². The summed E-state index contributed by atoms with van der Waals surface area (Å²) in [5.74, 6) is 5.15. The monoisotopic (exact) mass is 179 g/mol. The predicted octanol–water partition coefficient (Wildman–Crippen LogP) is 2.01. The molecule has 0 aliphatic heterocycles. The van der Waals surface area contributed by atoms with Gasteiger partial charge in [0, 0.05) is 12.6 Å². The van der Waals surface area contributed by atoms with E-state index < -0.39 is 5.95 Å². The number of aromatic nitrogens is 1. The van der Waals surface area contributed by atoms with Crippen LogP contribution in [0.1, 0.15) is 13.3 Å². The predicted molar refractivity (Wildman–Crippen MR) is 47.8 cm³/mol. The van der Waals surface area contributed by atoms with Gasteiger partial charge in [0.05, 0.1) is 6.61 Å². The van der Waals surface area contributed by atoms with Crippen molar-refractivity contribution in [1.29, 1.82) is 0 Å². The Morgan fingerprint density at radius 2 is 2.46 bits per heavy atom. The molecule has 0 spiro atoms. The average molecular weight is 179 g/mol. The lowest BCUT2D eigenvalue weighted by molar-refractivity contribution is 0.305. The highest BCUT2D eigenvalue weighted by Crippen LogP contribution is 2.12. The van der Waals surface area contributed by atoms with E-state index >= 15 is 0 Å². The highest BCUT2D eigenvalue weighted by molar-refractivity contribution is 5.17. The second kappa shape index (κ2) is 5.15. The Labute approximate surface area is 76.8 Å². The molecule has 1 heterocycles. The molecule has 2 nitrogen and oxygen atoms in total. The topological polar surface area (TPSA) is 22.1 Å². The average Bonchev–Trinajstić information content (AvgIpc) is 2.15. The molecule has 0 amide bonds. The van der Waals surface area contributed by atoms with E-state index in [1.807, 2.05) is 0 Å². The smallest absolute Gasteiger partial charge is 0.255 e. The molecule has 0 atom stereocenters. The lowest BCUT2D eigenvalue weighted by atomic mass is 10.4. The largest absolute Gasteiger partial charge is 0.488 e.